The summed E-state index contributed by atoms with van der Waals surface area (Å²) in [6, 6.07) is 4.84. The van der Waals surface area contributed by atoms with Crippen molar-refractivity contribution in [2.45, 2.75) is 13.5 Å². The summed E-state index contributed by atoms with van der Waals surface area (Å²) >= 11 is 5.86. The quantitative estimate of drug-likeness (QED) is 0.671. The van der Waals surface area contributed by atoms with Gasteiger partial charge < -0.3 is 10.3 Å². The summed E-state index contributed by atoms with van der Waals surface area (Å²) in [5, 5.41) is 0.483. The van der Waals surface area contributed by atoms with Gasteiger partial charge in [-0.25, -0.2) is 4.98 Å². The van der Waals surface area contributed by atoms with Gasteiger partial charge in [0, 0.05) is 29.6 Å². The van der Waals surface area contributed by atoms with Gasteiger partial charge >= 0.3 is 0 Å². The molecule has 2 aromatic rings. The van der Waals surface area contributed by atoms with Gasteiger partial charge in [-0.2, -0.15) is 0 Å². The fraction of sp³-hybridized carbons (Fsp3) is 0.167. The molecule has 0 aliphatic rings. The lowest BCUT2D eigenvalue weighted by Gasteiger charge is -2.06. The summed E-state index contributed by atoms with van der Waals surface area (Å²) in [5.74, 6) is 0.165. The van der Waals surface area contributed by atoms with Crippen LogP contribution in [0.3, 0.4) is 0 Å². The van der Waals surface area contributed by atoms with Crippen LogP contribution in [0.25, 0.3) is 0 Å². The van der Waals surface area contributed by atoms with E-state index in [9.17, 15) is 4.79 Å². The first-order valence-electron chi connectivity index (χ1n) is 5.24. The minimum Gasteiger partial charge on any atom is -0.398 e. The van der Waals surface area contributed by atoms with Gasteiger partial charge in [0.2, 0.25) is 5.78 Å². The molecule has 0 unspecified atom stereocenters. The highest BCUT2D eigenvalue weighted by atomic mass is 35.5. The molecule has 0 spiro atoms. The summed E-state index contributed by atoms with van der Waals surface area (Å²) in [7, 11) is 0. The van der Waals surface area contributed by atoms with Crippen molar-refractivity contribution in [2.75, 3.05) is 5.73 Å². The number of ketones is 1. The first-order valence-corrected chi connectivity index (χ1v) is 5.62. The predicted octanol–water partition coefficient (Wildman–Crippen LogP) is 2.37. The third kappa shape index (κ3) is 2.17. The van der Waals surface area contributed by atoms with Crippen LogP contribution < -0.4 is 5.73 Å². The largest absolute Gasteiger partial charge is 0.398 e. The molecule has 4 nitrogen and oxygen atoms in total. The van der Waals surface area contributed by atoms with Crippen molar-refractivity contribution in [1.29, 1.82) is 0 Å². The highest BCUT2D eigenvalue weighted by Crippen LogP contribution is 2.20. The Morgan fingerprint density at radius 1 is 1.53 bits per heavy atom. The number of anilines is 1. The van der Waals surface area contributed by atoms with Gasteiger partial charge in [0.1, 0.15) is 0 Å². The normalized spacial score (nSPS) is 10.5. The lowest BCUT2D eigenvalue weighted by Crippen LogP contribution is -2.12. The van der Waals surface area contributed by atoms with E-state index in [0.29, 0.717) is 28.6 Å². The molecule has 0 aliphatic heterocycles. The Morgan fingerprint density at radius 2 is 2.29 bits per heavy atom. The van der Waals surface area contributed by atoms with Crippen LogP contribution in [-0.2, 0) is 6.54 Å². The van der Waals surface area contributed by atoms with Crippen LogP contribution in [0.15, 0.2) is 30.6 Å². The number of rotatable bonds is 3. The molecule has 1 aromatic heterocycles. The van der Waals surface area contributed by atoms with Crippen LogP contribution in [-0.4, -0.2) is 15.3 Å². The molecule has 5 heteroatoms. The second kappa shape index (κ2) is 4.59. The minimum absolute atomic E-state index is 0.211. The van der Waals surface area contributed by atoms with E-state index in [1.54, 1.807) is 35.2 Å². The average molecular weight is 250 g/mol. The Labute approximate surface area is 104 Å². The van der Waals surface area contributed by atoms with Crippen LogP contribution in [0, 0.1) is 0 Å². The second-order valence-electron chi connectivity index (χ2n) is 3.60. The topological polar surface area (TPSA) is 60.9 Å². The number of nitrogen functional groups attached to an aromatic ring is 1. The number of carbonyl (C=O) groups is 1. The van der Waals surface area contributed by atoms with E-state index in [-0.39, 0.29) is 5.78 Å². The Morgan fingerprint density at radius 3 is 3.00 bits per heavy atom. The van der Waals surface area contributed by atoms with Crippen LogP contribution in [0.2, 0.25) is 5.02 Å². The maximum absolute atomic E-state index is 12.2. The van der Waals surface area contributed by atoms with Gasteiger partial charge in [-0.05, 0) is 25.1 Å². The molecule has 0 amide bonds. The molecule has 0 radical (unpaired) electrons. The monoisotopic (exact) mass is 249 g/mol. The van der Waals surface area contributed by atoms with E-state index in [2.05, 4.69) is 4.98 Å². The molecule has 1 heterocycles. The number of nitrogens with zero attached hydrogens (tertiary/aromatic N) is 2. The van der Waals surface area contributed by atoms with Crippen LogP contribution in [0.5, 0.6) is 0 Å². The van der Waals surface area contributed by atoms with Gasteiger partial charge in [0.05, 0.1) is 5.56 Å². The zero-order valence-electron chi connectivity index (χ0n) is 9.35. The molecule has 0 saturated carbocycles. The standard InChI is InChI=1S/C12H12ClN3O/c1-2-16-6-5-15-12(16)11(17)9-7-8(13)3-4-10(9)14/h3-7H,2,14H2,1H3. The predicted molar refractivity (Wildman–Crippen MR) is 67.2 cm³/mol. The Balaban J connectivity index is 2.47. The fourth-order valence-corrected chi connectivity index (χ4v) is 1.79. The molecule has 1 aromatic carbocycles. The summed E-state index contributed by atoms with van der Waals surface area (Å²) < 4.78 is 1.77. The minimum atomic E-state index is -0.211. The van der Waals surface area contributed by atoms with Crippen molar-refractivity contribution in [2.24, 2.45) is 0 Å². The molecule has 2 rings (SSSR count). The lowest BCUT2D eigenvalue weighted by molar-refractivity contribution is 0.102. The van der Waals surface area contributed by atoms with Crippen LogP contribution in [0.1, 0.15) is 23.1 Å². The molecule has 0 saturated heterocycles. The molecule has 0 bridgehead atoms. The second-order valence-corrected chi connectivity index (χ2v) is 4.03. The van der Waals surface area contributed by atoms with E-state index in [0.717, 1.165) is 0 Å². The fourth-order valence-electron chi connectivity index (χ4n) is 1.62. The zero-order valence-corrected chi connectivity index (χ0v) is 10.1. The number of benzene rings is 1. The number of imidazole rings is 1. The number of halogens is 1. The lowest BCUT2D eigenvalue weighted by atomic mass is 10.1. The van der Waals surface area contributed by atoms with E-state index in [4.69, 9.17) is 17.3 Å². The smallest absolute Gasteiger partial charge is 0.230 e. The van der Waals surface area contributed by atoms with Crippen molar-refractivity contribution in [3.05, 3.63) is 47.0 Å². The molecule has 0 fully saturated rings. The maximum atomic E-state index is 12.2. The van der Waals surface area contributed by atoms with Gasteiger partial charge in [0.15, 0.2) is 5.82 Å². The average Bonchev–Trinajstić information content (AvgIpc) is 2.79. The Hall–Kier alpha value is -1.81. The number of hydrogen-bond donors (Lipinski definition) is 1. The van der Waals surface area contributed by atoms with Crippen LogP contribution >= 0.6 is 11.6 Å². The molecule has 88 valence electrons. The van der Waals surface area contributed by atoms with E-state index >= 15 is 0 Å². The first-order chi connectivity index (χ1) is 8.13. The van der Waals surface area contributed by atoms with Gasteiger partial charge in [0.25, 0.3) is 0 Å². The molecule has 17 heavy (non-hydrogen) atoms. The summed E-state index contributed by atoms with van der Waals surface area (Å²) in [4.78, 5) is 16.3. The number of aryl methyl sites for hydroxylation is 1. The van der Waals surface area contributed by atoms with Gasteiger partial charge in [-0.1, -0.05) is 11.6 Å². The van der Waals surface area contributed by atoms with Gasteiger partial charge in [-0.15, -0.1) is 0 Å². The van der Waals surface area contributed by atoms with Crippen molar-refractivity contribution < 1.29 is 4.79 Å². The molecule has 0 atom stereocenters. The van der Waals surface area contributed by atoms with Crippen molar-refractivity contribution in [3.8, 4) is 0 Å². The summed E-state index contributed by atoms with van der Waals surface area (Å²) in [5.41, 5.74) is 6.57. The Kier molecular flexibility index (Phi) is 3.15. The number of aromatic nitrogens is 2. The van der Waals surface area contributed by atoms with E-state index in [1.807, 2.05) is 6.92 Å². The third-order valence-electron chi connectivity index (χ3n) is 2.52. The summed E-state index contributed by atoms with van der Waals surface area (Å²) in [6.07, 6.45) is 3.35. The Bertz CT molecular complexity index is 563. The third-order valence-corrected chi connectivity index (χ3v) is 2.75. The van der Waals surface area contributed by atoms with Gasteiger partial charge in [-0.3, -0.25) is 4.79 Å². The maximum Gasteiger partial charge on any atom is 0.230 e. The first kappa shape index (κ1) is 11.7. The molecular formula is C12H12ClN3O. The molecular weight excluding hydrogens is 238 g/mol. The van der Waals surface area contributed by atoms with E-state index < -0.39 is 0 Å². The SMILES string of the molecule is CCn1ccnc1C(=O)c1cc(Cl)ccc1N. The van der Waals surface area contributed by atoms with Crippen molar-refractivity contribution >= 4 is 23.1 Å². The van der Waals surface area contributed by atoms with Crippen LogP contribution in [0.4, 0.5) is 5.69 Å². The highest BCUT2D eigenvalue weighted by Gasteiger charge is 2.17. The number of carbonyl (C=O) groups excluding carboxylic acids is 1. The number of nitrogens with two attached hydrogens (primary N) is 1. The number of hydrogen-bond acceptors (Lipinski definition) is 3. The highest BCUT2D eigenvalue weighted by molar-refractivity contribution is 6.31. The zero-order chi connectivity index (χ0) is 12.4. The molecule has 0 aliphatic carbocycles. The summed E-state index contributed by atoms with van der Waals surface area (Å²) in [6.45, 7) is 2.63. The van der Waals surface area contributed by atoms with Crippen molar-refractivity contribution in [1.82, 2.24) is 9.55 Å². The molecule has 2 N–H and O–H groups in total. The van der Waals surface area contributed by atoms with Crippen molar-refractivity contribution in [3.63, 3.8) is 0 Å². The van der Waals surface area contributed by atoms with E-state index in [1.165, 1.54) is 0 Å².